The lowest BCUT2D eigenvalue weighted by Gasteiger charge is -2.18. The summed E-state index contributed by atoms with van der Waals surface area (Å²) in [7, 11) is 0. The van der Waals surface area contributed by atoms with Crippen LogP contribution in [0.1, 0.15) is 58.3 Å². The van der Waals surface area contributed by atoms with Crippen LogP contribution in [-0.2, 0) is 4.74 Å². The van der Waals surface area contributed by atoms with Gasteiger partial charge in [-0.05, 0) is 45.4 Å². The molecule has 0 bridgehead atoms. The summed E-state index contributed by atoms with van der Waals surface area (Å²) in [4.78, 5) is 0. The minimum Gasteiger partial charge on any atom is -0.382 e. The molecule has 1 unspecified atom stereocenters. The highest BCUT2D eigenvalue weighted by Crippen LogP contribution is 2.20. The van der Waals surface area contributed by atoms with Crippen LogP contribution in [0.25, 0.3) is 0 Å². The lowest BCUT2D eigenvalue weighted by Crippen LogP contribution is -2.23. The van der Waals surface area contributed by atoms with Crippen LogP contribution in [0.4, 0.5) is 0 Å². The van der Waals surface area contributed by atoms with E-state index in [0.717, 1.165) is 26.1 Å². The Labute approximate surface area is 100 Å². The van der Waals surface area contributed by atoms with Crippen LogP contribution < -0.4 is 5.73 Å². The number of ether oxygens (including phenoxy) is 1. The first-order chi connectivity index (χ1) is 7.84. The third-order valence-corrected chi connectivity index (χ3v) is 3.31. The molecule has 0 aromatic rings. The van der Waals surface area contributed by atoms with Gasteiger partial charge in [0.1, 0.15) is 0 Å². The van der Waals surface area contributed by atoms with Gasteiger partial charge in [0.2, 0.25) is 0 Å². The minimum atomic E-state index is 0.276. The molecule has 0 heterocycles. The van der Waals surface area contributed by atoms with Crippen LogP contribution in [0.3, 0.4) is 0 Å². The molecule has 0 aromatic carbocycles. The van der Waals surface area contributed by atoms with Crippen LogP contribution in [-0.4, -0.2) is 19.3 Å². The lowest BCUT2D eigenvalue weighted by molar-refractivity contribution is 0.142. The third-order valence-electron chi connectivity index (χ3n) is 3.31. The monoisotopic (exact) mass is 225 g/mol. The molecule has 0 aliphatic heterocycles. The van der Waals surface area contributed by atoms with Crippen molar-refractivity contribution in [2.24, 2.45) is 5.73 Å². The van der Waals surface area contributed by atoms with Gasteiger partial charge < -0.3 is 10.5 Å². The molecule has 2 nitrogen and oxygen atoms in total. The molecule has 0 saturated heterocycles. The van der Waals surface area contributed by atoms with Crippen molar-refractivity contribution in [1.82, 2.24) is 0 Å². The van der Waals surface area contributed by atoms with Gasteiger partial charge in [-0.15, -0.1) is 0 Å². The predicted octanol–water partition coefficient (Wildman–Crippen LogP) is 3.41. The van der Waals surface area contributed by atoms with Crippen LogP contribution >= 0.6 is 0 Å². The van der Waals surface area contributed by atoms with Gasteiger partial charge in [-0.3, -0.25) is 0 Å². The Kier molecular flexibility index (Phi) is 7.52. The van der Waals surface area contributed by atoms with Crippen molar-refractivity contribution in [3.05, 3.63) is 11.6 Å². The molecule has 0 spiro atoms. The molecule has 0 aromatic heterocycles. The molecule has 2 N–H and O–H groups in total. The third kappa shape index (κ3) is 5.66. The Balaban J connectivity index is 2.24. The first-order valence-corrected chi connectivity index (χ1v) is 6.87. The zero-order valence-corrected chi connectivity index (χ0v) is 10.7. The number of hydrogen-bond acceptors (Lipinski definition) is 2. The molecular weight excluding hydrogens is 198 g/mol. The van der Waals surface area contributed by atoms with E-state index in [9.17, 15) is 0 Å². The first kappa shape index (κ1) is 13.7. The number of rotatable bonds is 6. The van der Waals surface area contributed by atoms with Crippen molar-refractivity contribution in [2.75, 3.05) is 13.2 Å². The van der Waals surface area contributed by atoms with Crippen molar-refractivity contribution in [3.63, 3.8) is 0 Å². The van der Waals surface area contributed by atoms with E-state index in [1.807, 2.05) is 6.92 Å². The zero-order valence-electron chi connectivity index (χ0n) is 10.7. The Morgan fingerprint density at radius 2 is 2.12 bits per heavy atom. The van der Waals surface area contributed by atoms with E-state index in [2.05, 4.69) is 6.08 Å². The van der Waals surface area contributed by atoms with Crippen LogP contribution in [0, 0.1) is 0 Å². The molecular formula is C14H27NO. The van der Waals surface area contributed by atoms with Crippen molar-refractivity contribution in [2.45, 2.75) is 64.3 Å². The Hall–Kier alpha value is -0.340. The second-order valence-corrected chi connectivity index (χ2v) is 4.68. The molecule has 1 aliphatic carbocycles. The van der Waals surface area contributed by atoms with Crippen molar-refractivity contribution >= 4 is 0 Å². The van der Waals surface area contributed by atoms with E-state index in [1.165, 1.54) is 44.1 Å². The Morgan fingerprint density at radius 1 is 1.31 bits per heavy atom. The molecule has 0 fully saturated rings. The topological polar surface area (TPSA) is 35.2 Å². The van der Waals surface area contributed by atoms with E-state index < -0.39 is 0 Å². The molecule has 1 atom stereocenters. The summed E-state index contributed by atoms with van der Waals surface area (Å²) in [5, 5.41) is 0. The molecule has 94 valence electrons. The van der Waals surface area contributed by atoms with Gasteiger partial charge in [-0.2, -0.15) is 0 Å². The summed E-state index contributed by atoms with van der Waals surface area (Å²) in [6.07, 6.45) is 12.4. The molecule has 0 amide bonds. The standard InChI is InChI=1S/C14H27NO/c1-2-16-12-8-11-14(15)13-9-6-4-3-5-7-10-13/h9,14H,2-8,10-12,15H2,1H3. The highest BCUT2D eigenvalue weighted by atomic mass is 16.5. The highest BCUT2D eigenvalue weighted by molar-refractivity contribution is 5.10. The predicted molar refractivity (Wildman–Crippen MR) is 69.5 cm³/mol. The summed E-state index contributed by atoms with van der Waals surface area (Å²) in [6, 6.07) is 0.276. The maximum atomic E-state index is 6.23. The molecule has 1 aliphatic rings. The van der Waals surface area contributed by atoms with Crippen molar-refractivity contribution in [3.8, 4) is 0 Å². The Bertz CT molecular complexity index is 201. The number of allylic oxidation sites excluding steroid dienone is 1. The molecule has 2 heteroatoms. The fourth-order valence-electron chi connectivity index (χ4n) is 2.29. The largest absolute Gasteiger partial charge is 0.382 e. The van der Waals surface area contributed by atoms with E-state index >= 15 is 0 Å². The SMILES string of the molecule is CCOCCCC(N)C1=CCCCCCC1. The van der Waals surface area contributed by atoms with Crippen LogP contribution in [0.2, 0.25) is 0 Å². The van der Waals surface area contributed by atoms with Crippen molar-refractivity contribution in [1.29, 1.82) is 0 Å². The first-order valence-electron chi connectivity index (χ1n) is 6.87. The summed E-state index contributed by atoms with van der Waals surface area (Å²) < 4.78 is 5.34. The van der Waals surface area contributed by atoms with E-state index in [4.69, 9.17) is 10.5 Å². The second-order valence-electron chi connectivity index (χ2n) is 4.68. The van der Waals surface area contributed by atoms with Gasteiger partial charge in [0.15, 0.2) is 0 Å². The van der Waals surface area contributed by atoms with Gasteiger partial charge in [-0.1, -0.05) is 24.5 Å². The molecule has 0 radical (unpaired) electrons. The number of nitrogens with two attached hydrogens (primary N) is 1. The summed E-state index contributed by atoms with van der Waals surface area (Å²) in [5.41, 5.74) is 7.72. The second kappa shape index (κ2) is 8.77. The quantitative estimate of drug-likeness (QED) is 0.555. The Morgan fingerprint density at radius 3 is 2.94 bits per heavy atom. The molecule has 16 heavy (non-hydrogen) atoms. The molecule has 1 rings (SSSR count). The maximum Gasteiger partial charge on any atom is 0.0466 e. The normalized spacial score (nSPS) is 19.8. The average Bonchev–Trinajstić information content (AvgIpc) is 2.23. The smallest absolute Gasteiger partial charge is 0.0466 e. The fraction of sp³-hybridized carbons (Fsp3) is 0.857. The summed E-state index contributed by atoms with van der Waals surface area (Å²) >= 11 is 0. The number of hydrogen-bond donors (Lipinski definition) is 1. The van der Waals surface area contributed by atoms with Gasteiger partial charge in [0.25, 0.3) is 0 Å². The fourth-order valence-corrected chi connectivity index (χ4v) is 2.29. The maximum absolute atomic E-state index is 6.23. The highest BCUT2D eigenvalue weighted by Gasteiger charge is 2.10. The van der Waals surface area contributed by atoms with Crippen molar-refractivity contribution < 1.29 is 4.74 Å². The van der Waals surface area contributed by atoms with Gasteiger partial charge in [-0.25, -0.2) is 0 Å². The van der Waals surface area contributed by atoms with E-state index in [1.54, 1.807) is 0 Å². The summed E-state index contributed by atoms with van der Waals surface area (Å²) in [5.74, 6) is 0. The zero-order chi connectivity index (χ0) is 11.6. The lowest BCUT2D eigenvalue weighted by atomic mass is 9.93. The van der Waals surface area contributed by atoms with Gasteiger partial charge in [0, 0.05) is 19.3 Å². The van der Waals surface area contributed by atoms with Gasteiger partial charge >= 0.3 is 0 Å². The minimum absolute atomic E-state index is 0.276. The average molecular weight is 225 g/mol. The van der Waals surface area contributed by atoms with E-state index in [-0.39, 0.29) is 6.04 Å². The molecule has 0 saturated carbocycles. The van der Waals surface area contributed by atoms with Crippen LogP contribution in [0.15, 0.2) is 11.6 Å². The summed E-state index contributed by atoms with van der Waals surface area (Å²) in [6.45, 7) is 3.71. The van der Waals surface area contributed by atoms with Gasteiger partial charge in [0.05, 0.1) is 0 Å². The van der Waals surface area contributed by atoms with E-state index in [0.29, 0.717) is 0 Å². The van der Waals surface area contributed by atoms with Crippen LogP contribution in [0.5, 0.6) is 0 Å².